The maximum atomic E-state index is 11.4. The summed E-state index contributed by atoms with van der Waals surface area (Å²) in [4.78, 5) is 0. The predicted molar refractivity (Wildman–Crippen MR) is 84.3 cm³/mol. The SMILES string of the molecule is OCC12CCC(CO)(CC1)C1(O)CCCCC2(O)CCCC1. The van der Waals surface area contributed by atoms with E-state index in [1.54, 1.807) is 0 Å². The number of rotatable bonds is 2. The van der Waals surface area contributed by atoms with Crippen molar-refractivity contribution in [3.8, 4) is 0 Å². The van der Waals surface area contributed by atoms with Crippen molar-refractivity contribution in [2.75, 3.05) is 13.2 Å². The van der Waals surface area contributed by atoms with Crippen LogP contribution in [0.15, 0.2) is 0 Å². The molecular formula is C18H32O4. The van der Waals surface area contributed by atoms with Crippen LogP contribution in [0.3, 0.4) is 0 Å². The molecule has 0 spiro atoms. The van der Waals surface area contributed by atoms with Gasteiger partial charge in [0.25, 0.3) is 0 Å². The van der Waals surface area contributed by atoms with E-state index in [-0.39, 0.29) is 13.2 Å². The summed E-state index contributed by atoms with van der Waals surface area (Å²) in [5.41, 5.74) is -2.45. The van der Waals surface area contributed by atoms with Crippen LogP contribution in [0.4, 0.5) is 0 Å². The van der Waals surface area contributed by atoms with Gasteiger partial charge in [0.15, 0.2) is 0 Å². The summed E-state index contributed by atoms with van der Waals surface area (Å²) in [5, 5.41) is 43.1. The molecule has 0 heterocycles. The third-order valence-corrected chi connectivity index (χ3v) is 7.61. The van der Waals surface area contributed by atoms with Gasteiger partial charge in [-0.3, -0.25) is 0 Å². The fourth-order valence-electron chi connectivity index (χ4n) is 5.73. The number of hydrogen-bond acceptors (Lipinski definition) is 4. The van der Waals surface area contributed by atoms with Crippen LogP contribution in [-0.2, 0) is 0 Å². The van der Waals surface area contributed by atoms with Crippen molar-refractivity contribution in [2.24, 2.45) is 10.8 Å². The van der Waals surface area contributed by atoms with Crippen LogP contribution in [0, 0.1) is 10.8 Å². The zero-order chi connectivity index (χ0) is 15.9. The number of hydrogen-bond donors (Lipinski definition) is 4. The van der Waals surface area contributed by atoms with Gasteiger partial charge < -0.3 is 20.4 Å². The van der Waals surface area contributed by atoms with E-state index in [1.165, 1.54) is 0 Å². The van der Waals surface area contributed by atoms with Gasteiger partial charge in [0.2, 0.25) is 0 Å². The van der Waals surface area contributed by atoms with Crippen molar-refractivity contribution >= 4 is 0 Å². The lowest BCUT2D eigenvalue weighted by molar-refractivity contribution is -0.207. The lowest BCUT2D eigenvalue weighted by Crippen LogP contribution is -2.60. The third-order valence-electron chi connectivity index (χ3n) is 7.61. The van der Waals surface area contributed by atoms with Crippen LogP contribution >= 0.6 is 0 Å². The van der Waals surface area contributed by atoms with Crippen molar-refractivity contribution < 1.29 is 20.4 Å². The molecule has 0 unspecified atom stereocenters. The summed E-state index contributed by atoms with van der Waals surface area (Å²) < 4.78 is 0. The lowest BCUT2D eigenvalue weighted by atomic mass is 9.50. The van der Waals surface area contributed by atoms with Gasteiger partial charge in [0.05, 0.1) is 24.4 Å². The van der Waals surface area contributed by atoms with Crippen LogP contribution < -0.4 is 0 Å². The largest absolute Gasteiger partial charge is 0.396 e. The molecule has 4 bridgehead atoms. The highest BCUT2D eigenvalue weighted by molar-refractivity contribution is 5.10. The Morgan fingerprint density at radius 3 is 1.00 bits per heavy atom. The zero-order valence-electron chi connectivity index (χ0n) is 13.7. The summed E-state index contributed by atoms with van der Waals surface area (Å²) in [6, 6.07) is 0. The van der Waals surface area contributed by atoms with Crippen molar-refractivity contribution in [1.82, 2.24) is 0 Å². The Hall–Kier alpha value is -0.160. The molecule has 4 N–H and O–H groups in total. The first kappa shape index (κ1) is 16.7. The van der Waals surface area contributed by atoms with Crippen molar-refractivity contribution in [3.05, 3.63) is 0 Å². The second-order valence-corrected chi connectivity index (χ2v) is 8.35. The molecule has 0 aromatic heterocycles. The first-order chi connectivity index (χ1) is 10.4. The maximum Gasteiger partial charge on any atom is 0.0725 e. The molecule has 0 saturated heterocycles. The van der Waals surface area contributed by atoms with E-state index in [1.807, 2.05) is 0 Å². The predicted octanol–water partition coefficient (Wildman–Crippen LogP) is 2.13. The minimum Gasteiger partial charge on any atom is -0.396 e. The fourth-order valence-corrected chi connectivity index (χ4v) is 5.73. The van der Waals surface area contributed by atoms with Gasteiger partial charge >= 0.3 is 0 Å². The van der Waals surface area contributed by atoms with Gasteiger partial charge in [0.1, 0.15) is 0 Å². The van der Waals surface area contributed by atoms with E-state index >= 15 is 0 Å². The van der Waals surface area contributed by atoms with Crippen molar-refractivity contribution in [1.29, 1.82) is 0 Å². The Morgan fingerprint density at radius 1 is 0.500 bits per heavy atom. The summed E-state index contributed by atoms with van der Waals surface area (Å²) in [6.07, 6.45) is 9.34. The van der Waals surface area contributed by atoms with Gasteiger partial charge in [0, 0.05) is 10.8 Å². The first-order valence-electron chi connectivity index (χ1n) is 9.12. The minimum absolute atomic E-state index is 0.0173. The topological polar surface area (TPSA) is 80.9 Å². The normalized spacial score (nSPS) is 49.6. The minimum atomic E-state index is -0.782. The van der Waals surface area contributed by atoms with E-state index < -0.39 is 22.0 Å². The molecule has 6 aliphatic rings. The molecule has 0 radical (unpaired) electrons. The molecule has 6 saturated carbocycles. The molecule has 0 aromatic rings. The van der Waals surface area contributed by atoms with Crippen LogP contribution in [0.25, 0.3) is 0 Å². The average Bonchev–Trinajstić information content (AvgIpc) is 2.55. The molecular weight excluding hydrogens is 280 g/mol. The average molecular weight is 312 g/mol. The van der Waals surface area contributed by atoms with Crippen molar-refractivity contribution in [3.63, 3.8) is 0 Å². The molecule has 128 valence electrons. The second-order valence-electron chi connectivity index (χ2n) is 8.35. The van der Waals surface area contributed by atoms with E-state index in [0.717, 1.165) is 51.4 Å². The molecule has 6 rings (SSSR count). The van der Waals surface area contributed by atoms with E-state index in [2.05, 4.69) is 0 Å². The molecule has 0 aliphatic heterocycles. The Kier molecular flexibility index (Phi) is 4.35. The number of aliphatic hydroxyl groups excluding tert-OH is 2. The van der Waals surface area contributed by atoms with E-state index in [0.29, 0.717) is 25.7 Å². The van der Waals surface area contributed by atoms with Gasteiger partial charge in [-0.25, -0.2) is 0 Å². The van der Waals surface area contributed by atoms with Crippen LogP contribution in [-0.4, -0.2) is 44.8 Å². The molecule has 4 nitrogen and oxygen atoms in total. The highest BCUT2D eigenvalue weighted by Gasteiger charge is 2.59. The fraction of sp³-hybridized carbons (Fsp3) is 1.00. The third kappa shape index (κ3) is 2.26. The van der Waals surface area contributed by atoms with Gasteiger partial charge in [-0.05, 0) is 51.4 Å². The molecule has 6 aliphatic carbocycles. The smallest absolute Gasteiger partial charge is 0.0725 e. The Morgan fingerprint density at radius 2 is 0.773 bits per heavy atom. The van der Waals surface area contributed by atoms with Crippen LogP contribution in [0.1, 0.15) is 77.0 Å². The van der Waals surface area contributed by atoms with Gasteiger partial charge in [-0.2, -0.15) is 0 Å². The maximum absolute atomic E-state index is 11.4. The highest BCUT2D eigenvalue weighted by Crippen LogP contribution is 2.59. The van der Waals surface area contributed by atoms with Crippen molar-refractivity contribution in [2.45, 2.75) is 88.3 Å². The van der Waals surface area contributed by atoms with Crippen LogP contribution in [0.5, 0.6) is 0 Å². The summed E-state index contributed by atoms with van der Waals surface area (Å²) >= 11 is 0. The second kappa shape index (κ2) is 5.73. The molecule has 4 heteroatoms. The molecule has 0 amide bonds. The molecule has 22 heavy (non-hydrogen) atoms. The van der Waals surface area contributed by atoms with Gasteiger partial charge in [-0.15, -0.1) is 0 Å². The molecule has 0 aromatic carbocycles. The lowest BCUT2D eigenvalue weighted by Gasteiger charge is -2.59. The zero-order valence-corrected chi connectivity index (χ0v) is 13.7. The number of aliphatic hydroxyl groups is 4. The summed E-state index contributed by atoms with van der Waals surface area (Å²) in [6.45, 7) is 0.0346. The molecule has 6 fully saturated rings. The Labute approximate surface area is 133 Å². The monoisotopic (exact) mass is 312 g/mol. The Balaban J connectivity index is 2.06. The standard InChI is InChI=1S/C18H32O4/c19-13-15-9-11-16(14-20,12-10-15)18(22)6-2-1-5-17(15,21)7-3-4-8-18/h19-22H,1-14H2. The summed E-state index contributed by atoms with van der Waals surface area (Å²) in [7, 11) is 0. The van der Waals surface area contributed by atoms with E-state index in [9.17, 15) is 20.4 Å². The highest BCUT2D eigenvalue weighted by atomic mass is 16.3. The summed E-state index contributed by atoms with van der Waals surface area (Å²) in [5.74, 6) is 0. The first-order valence-corrected chi connectivity index (χ1v) is 9.12. The molecule has 0 atom stereocenters. The van der Waals surface area contributed by atoms with Crippen LogP contribution in [0.2, 0.25) is 0 Å². The van der Waals surface area contributed by atoms with E-state index in [4.69, 9.17) is 0 Å². The Bertz CT molecular complexity index is 348. The van der Waals surface area contributed by atoms with Gasteiger partial charge in [-0.1, -0.05) is 25.7 Å². The quantitative estimate of drug-likeness (QED) is 0.630.